The highest BCUT2D eigenvalue weighted by molar-refractivity contribution is 5.86. The second-order valence-corrected chi connectivity index (χ2v) is 10.9. The summed E-state index contributed by atoms with van der Waals surface area (Å²) in [4.78, 5) is 12.4. The van der Waals surface area contributed by atoms with Crippen LogP contribution in [0.5, 0.6) is 0 Å². The third-order valence-electron chi connectivity index (χ3n) is 7.20. The minimum Gasteiger partial charge on any atom is -0.371 e. The summed E-state index contributed by atoms with van der Waals surface area (Å²) < 4.78 is 11.8. The number of unbranched alkanes of at least 4 members (excludes halogenated alkanes) is 2. The van der Waals surface area contributed by atoms with Gasteiger partial charge >= 0.3 is 0 Å². The minimum absolute atomic E-state index is 0.153. The molecule has 3 nitrogen and oxygen atoms in total. The summed E-state index contributed by atoms with van der Waals surface area (Å²) in [5.74, 6) is 1.62. The van der Waals surface area contributed by atoms with Gasteiger partial charge in [0.25, 0.3) is 0 Å². The predicted octanol–water partition coefficient (Wildman–Crippen LogP) is 8.76. The second kappa shape index (κ2) is 15.5. The molecular weight excluding hydrogens is 420 g/mol. The highest BCUT2D eigenvalue weighted by Gasteiger charge is 2.27. The Morgan fingerprint density at radius 2 is 1.65 bits per heavy atom. The Balaban J connectivity index is 2.41. The number of rotatable bonds is 19. The molecule has 0 spiro atoms. The van der Waals surface area contributed by atoms with Gasteiger partial charge in [0.2, 0.25) is 0 Å². The number of benzene rings is 1. The SMILES string of the molecule is C=CCOC(C)(C)C(=O)CCCCCOC(C)(C)c1ccc(C(C)CCC(CC)CCC)cc1. The number of hydrogen-bond donors (Lipinski definition) is 0. The van der Waals surface area contributed by atoms with Crippen LogP contribution in [0.1, 0.15) is 123 Å². The maximum atomic E-state index is 12.4. The molecule has 1 rings (SSSR count). The highest BCUT2D eigenvalue weighted by atomic mass is 16.5. The lowest BCUT2D eigenvalue weighted by Gasteiger charge is -2.27. The fourth-order valence-electron chi connectivity index (χ4n) is 4.45. The number of carbonyl (C=O) groups is 1. The van der Waals surface area contributed by atoms with Crippen LogP contribution in [0.25, 0.3) is 0 Å². The van der Waals surface area contributed by atoms with Gasteiger partial charge in [0.15, 0.2) is 5.78 Å². The number of ether oxygens (including phenoxy) is 2. The Hall–Kier alpha value is -1.45. The first kappa shape index (κ1) is 30.6. The van der Waals surface area contributed by atoms with E-state index in [-0.39, 0.29) is 11.4 Å². The van der Waals surface area contributed by atoms with Gasteiger partial charge < -0.3 is 9.47 Å². The van der Waals surface area contributed by atoms with Gasteiger partial charge in [-0.1, -0.05) is 76.8 Å². The third-order valence-corrected chi connectivity index (χ3v) is 7.20. The fourth-order valence-corrected chi connectivity index (χ4v) is 4.45. The number of ketones is 1. The van der Waals surface area contributed by atoms with Crippen molar-refractivity contribution in [2.45, 2.75) is 123 Å². The van der Waals surface area contributed by atoms with Crippen LogP contribution in [-0.2, 0) is 19.9 Å². The molecule has 0 saturated carbocycles. The molecule has 3 heteroatoms. The van der Waals surface area contributed by atoms with Gasteiger partial charge in [-0.3, -0.25) is 4.79 Å². The van der Waals surface area contributed by atoms with Crippen molar-refractivity contribution in [3.8, 4) is 0 Å². The molecule has 0 saturated heterocycles. The Labute approximate surface area is 210 Å². The molecule has 0 aliphatic carbocycles. The van der Waals surface area contributed by atoms with Gasteiger partial charge in [-0.05, 0) is 76.3 Å². The molecular formula is C31H52O3. The van der Waals surface area contributed by atoms with Crippen LogP contribution in [0.15, 0.2) is 36.9 Å². The molecule has 2 atom stereocenters. The van der Waals surface area contributed by atoms with Crippen LogP contribution in [0.3, 0.4) is 0 Å². The zero-order valence-electron chi connectivity index (χ0n) is 23.3. The summed E-state index contributed by atoms with van der Waals surface area (Å²) in [7, 11) is 0. The van der Waals surface area contributed by atoms with E-state index in [0.29, 0.717) is 25.6 Å². The Bertz CT molecular complexity index is 702. The second-order valence-electron chi connectivity index (χ2n) is 10.9. The van der Waals surface area contributed by atoms with Crippen LogP contribution >= 0.6 is 0 Å². The lowest BCUT2D eigenvalue weighted by molar-refractivity contribution is -0.139. The maximum absolute atomic E-state index is 12.4. The summed E-state index contributed by atoms with van der Waals surface area (Å²) in [6, 6.07) is 9.04. The molecule has 194 valence electrons. The van der Waals surface area contributed by atoms with Gasteiger partial charge in [-0.15, -0.1) is 6.58 Å². The predicted molar refractivity (Wildman–Crippen MR) is 145 cm³/mol. The van der Waals surface area contributed by atoms with E-state index in [9.17, 15) is 4.79 Å². The molecule has 1 aromatic carbocycles. The number of hydrogen-bond acceptors (Lipinski definition) is 3. The van der Waals surface area contributed by atoms with E-state index in [1.807, 2.05) is 13.8 Å². The lowest BCUT2D eigenvalue weighted by atomic mass is 9.87. The Morgan fingerprint density at radius 1 is 0.971 bits per heavy atom. The van der Waals surface area contributed by atoms with E-state index in [0.717, 1.165) is 25.2 Å². The smallest absolute Gasteiger partial charge is 0.164 e. The van der Waals surface area contributed by atoms with Crippen LogP contribution in [0.4, 0.5) is 0 Å². The highest BCUT2D eigenvalue weighted by Crippen LogP contribution is 2.30. The van der Waals surface area contributed by atoms with Crippen molar-refractivity contribution >= 4 is 5.78 Å². The molecule has 0 bridgehead atoms. The number of carbonyl (C=O) groups excluding carboxylic acids is 1. The molecule has 0 aliphatic rings. The summed E-state index contributed by atoms with van der Waals surface area (Å²) in [6.45, 7) is 19.7. The van der Waals surface area contributed by atoms with Crippen LogP contribution in [-0.4, -0.2) is 24.6 Å². The van der Waals surface area contributed by atoms with Crippen molar-refractivity contribution in [1.82, 2.24) is 0 Å². The quantitative estimate of drug-likeness (QED) is 0.149. The van der Waals surface area contributed by atoms with Crippen molar-refractivity contribution < 1.29 is 14.3 Å². The zero-order chi connectivity index (χ0) is 25.6. The van der Waals surface area contributed by atoms with Crippen molar-refractivity contribution in [3.05, 3.63) is 48.0 Å². The molecule has 0 fully saturated rings. The molecule has 34 heavy (non-hydrogen) atoms. The van der Waals surface area contributed by atoms with E-state index < -0.39 is 5.60 Å². The Morgan fingerprint density at radius 3 is 2.24 bits per heavy atom. The zero-order valence-corrected chi connectivity index (χ0v) is 23.3. The first-order chi connectivity index (χ1) is 16.1. The monoisotopic (exact) mass is 472 g/mol. The van der Waals surface area contributed by atoms with E-state index in [1.165, 1.54) is 43.2 Å². The molecule has 0 amide bonds. The summed E-state index contributed by atoms with van der Waals surface area (Å²) in [6.07, 6.45) is 11.6. The van der Waals surface area contributed by atoms with E-state index in [2.05, 4.69) is 65.5 Å². The lowest BCUT2D eigenvalue weighted by Crippen LogP contribution is -2.35. The van der Waals surface area contributed by atoms with Gasteiger partial charge in [-0.25, -0.2) is 0 Å². The molecule has 0 aliphatic heterocycles. The first-order valence-electron chi connectivity index (χ1n) is 13.6. The minimum atomic E-state index is -0.733. The fraction of sp³-hybridized carbons (Fsp3) is 0.710. The molecule has 0 heterocycles. The largest absolute Gasteiger partial charge is 0.371 e. The van der Waals surface area contributed by atoms with Crippen molar-refractivity contribution in [2.24, 2.45) is 5.92 Å². The van der Waals surface area contributed by atoms with Crippen LogP contribution in [0.2, 0.25) is 0 Å². The van der Waals surface area contributed by atoms with Crippen LogP contribution < -0.4 is 0 Å². The summed E-state index contributed by atoms with van der Waals surface area (Å²) in [5, 5.41) is 0. The molecule has 0 aromatic heterocycles. The molecule has 2 unspecified atom stereocenters. The van der Waals surface area contributed by atoms with E-state index in [4.69, 9.17) is 9.47 Å². The summed E-state index contributed by atoms with van der Waals surface area (Å²) in [5.41, 5.74) is 1.60. The topological polar surface area (TPSA) is 35.5 Å². The van der Waals surface area contributed by atoms with Crippen molar-refractivity contribution in [3.63, 3.8) is 0 Å². The van der Waals surface area contributed by atoms with Gasteiger partial charge in [0.05, 0.1) is 12.2 Å². The first-order valence-corrected chi connectivity index (χ1v) is 13.6. The molecule has 0 radical (unpaired) electrons. The van der Waals surface area contributed by atoms with Crippen molar-refractivity contribution in [2.75, 3.05) is 13.2 Å². The van der Waals surface area contributed by atoms with Gasteiger partial charge in [0.1, 0.15) is 5.60 Å². The maximum Gasteiger partial charge on any atom is 0.164 e. The standard InChI is InChI=1S/C31H52O3/c1-9-15-26(11-3)18-17-25(4)27-19-21-28(22-20-27)30(5,6)34-24-14-12-13-16-29(32)31(7,8)33-23-10-2/h10,19-22,25-26H,2,9,11-18,23-24H2,1,3-8H3. The van der Waals surface area contributed by atoms with E-state index >= 15 is 0 Å². The van der Waals surface area contributed by atoms with Crippen LogP contribution in [0, 0.1) is 5.92 Å². The molecule has 0 N–H and O–H groups in total. The van der Waals surface area contributed by atoms with E-state index in [1.54, 1.807) is 6.08 Å². The van der Waals surface area contributed by atoms with Gasteiger partial charge in [-0.2, -0.15) is 0 Å². The summed E-state index contributed by atoms with van der Waals surface area (Å²) >= 11 is 0. The Kier molecular flexibility index (Phi) is 14.0. The average molecular weight is 473 g/mol. The molecule has 1 aromatic rings. The number of Topliss-reactive ketones (excluding diaryl/α,β-unsaturated/α-hetero) is 1. The van der Waals surface area contributed by atoms with Gasteiger partial charge in [0, 0.05) is 13.0 Å². The van der Waals surface area contributed by atoms with Crippen molar-refractivity contribution in [1.29, 1.82) is 0 Å². The normalized spacial score (nSPS) is 14.1. The average Bonchev–Trinajstić information content (AvgIpc) is 2.82. The third kappa shape index (κ3) is 10.9.